The van der Waals surface area contributed by atoms with Gasteiger partial charge in [-0.2, -0.15) is 0 Å². The highest BCUT2D eigenvalue weighted by Crippen LogP contribution is 2.28. The summed E-state index contributed by atoms with van der Waals surface area (Å²) in [5, 5.41) is 0. The maximum atomic E-state index is 11.3. The van der Waals surface area contributed by atoms with Gasteiger partial charge < -0.3 is 20.9 Å². The molecule has 0 aliphatic heterocycles. The quantitative estimate of drug-likeness (QED) is 0.833. The minimum Gasteiger partial charge on any atom is -0.491 e. The molecule has 5 nitrogen and oxygen atoms in total. The van der Waals surface area contributed by atoms with Crippen molar-refractivity contribution in [2.24, 2.45) is 11.5 Å². The third-order valence-electron chi connectivity index (χ3n) is 2.59. The lowest BCUT2D eigenvalue weighted by Gasteiger charge is -2.23. The highest BCUT2D eigenvalue weighted by molar-refractivity contribution is 5.83. The number of carbonyl (C=O) groups is 1. The molecule has 0 heterocycles. The van der Waals surface area contributed by atoms with E-state index in [2.05, 4.69) is 6.58 Å². The topological polar surface area (TPSA) is 87.6 Å². The predicted octanol–water partition coefficient (Wildman–Crippen LogP) is 2.05. The monoisotopic (exact) mass is 278 g/mol. The fourth-order valence-corrected chi connectivity index (χ4v) is 1.50. The van der Waals surface area contributed by atoms with Crippen molar-refractivity contribution in [3.63, 3.8) is 0 Å². The molecule has 1 aromatic rings. The Morgan fingerprint density at radius 3 is 2.20 bits per heavy atom. The molecule has 1 rings (SSSR count). The summed E-state index contributed by atoms with van der Waals surface area (Å²) in [4.78, 5) is 11.3. The number of hydrogen-bond acceptors (Lipinski definition) is 4. The van der Waals surface area contributed by atoms with E-state index >= 15 is 0 Å². The smallest absolute Gasteiger partial charge is 0.261 e. The molecule has 0 saturated carbocycles. The Kier molecular flexibility index (Phi) is 4.65. The van der Waals surface area contributed by atoms with Crippen molar-refractivity contribution in [1.29, 1.82) is 0 Å². The van der Waals surface area contributed by atoms with Crippen LogP contribution in [0.2, 0.25) is 0 Å². The van der Waals surface area contributed by atoms with Crippen molar-refractivity contribution in [3.05, 3.63) is 30.3 Å². The zero-order valence-electron chi connectivity index (χ0n) is 12.4. The lowest BCUT2D eigenvalue weighted by atomic mass is 10.1. The molecule has 0 bridgehead atoms. The Balaban J connectivity index is 3.15. The molecule has 4 N–H and O–H groups in total. The van der Waals surface area contributed by atoms with E-state index in [1.807, 2.05) is 13.8 Å². The van der Waals surface area contributed by atoms with Crippen LogP contribution in [0.25, 0.3) is 5.70 Å². The summed E-state index contributed by atoms with van der Waals surface area (Å²) in [7, 11) is 0. The second-order valence-electron chi connectivity index (χ2n) is 5.36. The van der Waals surface area contributed by atoms with Crippen LogP contribution in [-0.4, -0.2) is 17.6 Å². The Labute approximate surface area is 119 Å². The SMILES string of the molecule is C=C(N)c1cc(OC(C)C)cc(OC(C)(C)C(N)=O)c1. The summed E-state index contributed by atoms with van der Waals surface area (Å²) in [6.07, 6.45) is 0.00768. The predicted molar refractivity (Wildman–Crippen MR) is 79.3 cm³/mol. The van der Waals surface area contributed by atoms with Crippen LogP contribution >= 0.6 is 0 Å². The molecule has 0 unspecified atom stereocenters. The lowest BCUT2D eigenvalue weighted by molar-refractivity contribution is -0.130. The van der Waals surface area contributed by atoms with Crippen LogP contribution in [0.5, 0.6) is 11.5 Å². The van der Waals surface area contributed by atoms with Gasteiger partial charge in [-0.25, -0.2) is 0 Å². The van der Waals surface area contributed by atoms with Gasteiger partial charge in [-0.15, -0.1) is 0 Å². The highest BCUT2D eigenvalue weighted by Gasteiger charge is 2.27. The lowest BCUT2D eigenvalue weighted by Crippen LogP contribution is -2.43. The number of amides is 1. The fourth-order valence-electron chi connectivity index (χ4n) is 1.50. The van der Waals surface area contributed by atoms with Crippen LogP contribution in [0.1, 0.15) is 33.3 Å². The number of nitrogens with two attached hydrogens (primary N) is 2. The maximum Gasteiger partial charge on any atom is 0.261 e. The highest BCUT2D eigenvalue weighted by atomic mass is 16.5. The van der Waals surface area contributed by atoms with Crippen LogP contribution in [0.15, 0.2) is 24.8 Å². The van der Waals surface area contributed by atoms with Gasteiger partial charge in [0.25, 0.3) is 5.91 Å². The first-order chi connectivity index (χ1) is 9.11. The number of hydrogen-bond donors (Lipinski definition) is 2. The molecule has 0 aliphatic rings. The van der Waals surface area contributed by atoms with E-state index < -0.39 is 11.5 Å². The number of carbonyl (C=O) groups excluding carboxylic acids is 1. The third kappa shape index (κ3) is 4.19. The molecule has 0 radical (unpaired) electrons. The second-order valence-corrected chi connectivity index (χ2v) is 5.36. The average Bonchev–Trinajstić information content (AvgIpc) is 2.26. The van der Waals surface area contributed by atoms with Gasteiger partial charge in [-0.3, -0.25) is 4.79 Å². The fraction of sp³-hybridized carbons (Fsp3) is 0.400. The molecule has 1 amide bonds. The van der Waals surface area contributed by atoms with Gasteiger partial charge in [-0.1, -0.05) is 6.58 Å². The van der Waals surface area contributed by atoms with E-state index in [0.29, 0.717) is 22.8 Å². The summed E-state index contributed by atoms with van der Waals surface area (Å²) in [6, 6.07) is 5.16. The maximum absolute atomic E-state index is 11.3. The van der Waals surface area contributed by atoms with Crippen LogP contribution in [0.3, 0.4) is 0 Å². The first-order valence-corrected chi connectivity index (χ1v) is 6.37. The Morgan fingerprint density at radius 1 is 1.20 bits per heavy atom. The molecule has 0 atom stereocenters. The molecule has 1 aromatic carbocycles. The van der Waals surface area contributed by atoms with Gasteiger partial charge in [0, 0.05) is 17.3 Å². The van der Waals surface area contributed by atoms with E-state index in [1.54, 1.807) is 32.0 Å². The largest absolute Gasteiger partial charge is 0.491 e. The van der Waals surface area contributed by atoms with Gasteiger partial charge >= 0.3 is 0 Å². The molecule has 0 aliphatic carbocycles. The van der Waals surface area contributed by atoms with E-state index in [1.165, 1.54) is 0 Å². The van der Waals surface area contributed by atoms with Crippen molar-refractivity contribution in [2.75, 3.05) is 0 Å². The van der Waals surface area contributed by atoms with Crippen molar-refractivity contribution < 1.29 is 14.3 Å². The summed E-state index contributed by atoms with van der Waals surface area (Å²) in [5.41, 5.74) is 11.0. The van der Waals surface area contributed by atoms with Gasteiger partial charge in [0.2, 0.25) is 0 Å². The number of primary amides is 1. The molecule has 20 heavy (non-hydrogen) atoms. The van der Waals surface area contributed by atoms with Gasteiger partial charge in [-0.05, 0) is 39.8 Å². The van der Waals surface area contributed by atoms with Gasteiger partial charge in [0.1, 0.15) is 11.5 Å². The first kappa shape index (κ1) is 15.9. The summed E-state index contributed by atoms with van der Waals surface area (Å²) < 4.78 is 11.3. The van der Waals surface area contributed by atoms with Crippen molar-refractivity contribution in [3.8, 4) is 11.5 Å². The molecule has 0 fully saturated rings. The van der Waals surface area contributed by atoms with Gasteiger partial charge in [0.15, 0.2) is 5.60 Å². The summed E-state index contributed by atoms with van der Waals surface area (Å²) in [6.45, 7) is 10.7. The minimum absolute atomic E-state index is 0.00768. The Bertz CT molecular complexity index is 522. The zero-order chi connectivity index (χ0) is 15.5. The molecular weight excluding hydrogens is 256 g/mol. The van der Waals surface area contributed by atoms with Crippen molar-refractivity contribution >= 4 is 11.6 Å². The Hall–Kier alpha value is -2.17. The van der Waals surface area contributed by atoms with Gasteiger partial charge in [0.05, 0.1) is 6.10 Å². The number of rotatable bonds is 6. The molecule has 0 aromatic heterocycles. The van der Waals surface area contributed by atoms with E-state index in [0.717, 1.165) is 0 Å². The van der Waals surface area contributed by atoms with Crippen LogP contribution in [0.4, 0.5) is 0 Å². The zero-order valence-corrected chi connectivity index (χ0v) is 12.4. The Morgan fingerprint density at radius 2 is 1.75 bits per heavy atom. The van der Waals surface area contributed by atoms with Crippen molar-refractivity contribution in [2.45, 2.75) is 39.4 Å². The molecule has 110 valence electrons. The van der Waals surface area contributed by atoms with E-state index in [4.69, 9.17) is 20.9 Å². The van der Waals surface area contributed by atoms with E-state index in [-0.39, 0.29) is 6.10 Å². The molecule has 0 spiro atoms. The van der Waals surface area contributed by atoms with E-state index in [9.17, 15) is 4.79 Å². The normalized spacial score (nSPS) is 11.2. The second kappa shape index (κ2) is 5.86. The summed E-state index contributed by atoms with van der Waals surface area (Å²) >= 11 is 0. The average molecular weight is 278 g/mol. The third-order valence-corrected chi connectivity index (χ3v) is 2.59. The molecule has 5 heteroatoms. The molecular formula is C15H22N2O3. The van der Waals surface area contributed by atoms with Crippen molar-refractivity contribution in [1.82, 2.24) is 0 Å². The number of benzene rings is 1. The molecule has 0 saturated heterocycles. The van der Waals surface area contributed by atoms with Crippen LogP contribution in [0, 0.1) is 0 Å². The first-order valence-electron chi connectivity index (χ1n) is 6.37. The van der Waals surface area contributed by atoms with Crippen LogP contribution < -0.4 is 20.9 Å². The standard InChI is InChI=1S/C15H22N2O3/c1-9(2)19-12-6-11(10(3)16)7-13(8-12)20-15(4,5)14(17)18/h6-9H,3,16H2,1-2,4-5H3,(H2,17,18). The minimum atomic E-state index is -1.12. The number of ether oxygens (including phenoxy) is 2. The summed E-state index contributed by atoms with van der Waals surface area (Å²) in [5.74, 6) is 0.494. The van der Waals surface area contributed by atoms with Crippen LogP contribution in [-0.2, 0) is 4.79 Å².